The Balaban J connectivity index is 0.00000562. The summed E-state index contributed by atoms with van der Waals surface area (Å²) in [5.74, 6) is -0.719. The predicted octanol–water partition coefficient (Wildman–Crippen LogP) is 5.45. The average molecular weight is 738 g/mol. The van der Waals surface area contributed by atoms with Crippen molar-refractivity contribution in [2.75, 3.05) is 19.6 Å². The number of carbonyl (C=O) groups is 4. The highest BCUT2D eigenvalue weighted by Gasteiger charge is 2.26. The fraction of sp³-hybridized carbons (Fsp3) is 0.389. The fourth-order valence-corrected chi connectivity index (χ4v) is 7.38. The fourth-order valence-electron chi connectivity index (χ4n) is 5.67. The predicted molar refractivity (Wildman–Crippen MR) is 199 cm³/mol. The van der Waals surface area contributed by atoms with Gasteiger partial charge in [0.15, 0.2) is 0 Å². The van der Waals surface area contributed by atoms with Gasteiger partial charge in [-0.25, -0.2) is 9.97 Å². The number of rotatable bonds is 6. The number of amides is 4. The van der Waals surface area contributed by atoms with Crippen LogP contribution in [0.3, 0.4) is 0 Å². The highest BCUT2D eigenvalue weighted by atomic mass is 35.5. The molecule has 4 amide bonds. The van der Waals surface area contributed by atoms with Crippen molar-refractivity contribution in [1.29, 1.82) is 0 Å². The SMILES string of the molecule is CC(C)CC1NC(=O)CCCN(C(=O)c2cccc(CN)c2)CCCNC(=O)c2csc(n2)[C@H](Cc2ccccc2)NC(=O)c2csc1n2.Cl. The molecule has 1 aliphatic heterocycles. The molecule has 1 aliphatic rings. The molecule has 2 aromatic heterocycles. The van der Waals surface area contributed by atoms with Gasteiger partial charge in [0.05, 0.1) is 12.1 Å². The number of fused-ring (bicyclic) bond motifs is 4. The summed E-state index contributed by atoms with van der Waals surface area (Å²) in [5.41, 5.74) is 8.74. The maximum absolute atomic E-state index is 13.6. The van der Waals surface area contributed by atoms with E-state index in [0.29, 0.717) is 67.4 Å². The lowest BCUT2D eigenvalue weighted by Crippen LogP contribution is -2.36. The maximum atomic E-state index is 13.6. The van der Waals surface area contributed by atoms with Crippen LogP contribution in [0.25, 0.3) is 0 Å². The van der Waals surface area contributed by atoms with E-state index in [0.717, 1.165) is 11.1 Å². The van der Waals surface area contributed by atoms with Crippen LogP contribution < -0.4 is 21.7 Å². The second kappa shape index (κ2) is 18.7. The van der Waals surface area contributed by atoms with Crippen molar-refractivity contribution in [2.45, 2.75) is 64.6 Å². The Bertz CT molecular complexity index is 1750. The van der Waals surface area contributed by atoms with E-state index in [1.807, 2.05) is 42.5 Å². The summed E-state index contributed by atoms with van der Waals surface area (Å²) >= 11 is 2.65. The molecule has 0 saturated heterocycles. The van der Waals surface area contributed by atoms with Crippen LogP contribution in [0.15, 0.2) is 65.4 Å². The summed E-state index contributed by atoms with van der Waals surface area (Å²) in [7, 11) is 0. The highest BCUT2D eigenvalue weighted by Crippen LogP contribution is 2.27. The lowest BCUT2D eigenvalue weighted by molar-refractivity contribution is -0.122. The zero-order chi connectivity index (χ0) is 34.8. The summed E-state index contributed by atoms with van der Waals surface area (Å²) in [4.78, 5) is 64.5. The molecule has 14 heteroatoms. The maximum Gasteiger partial charge on any atom is 0.271 e. The highest BCUT2D eigenvalue weighted by molar-refractivity contribution is 7.10. The van der Waals surface area contributed by atoms with Crippen molar-refractivity contribution in [3.63, 3.8) is 0 Å². The summed E-state index contributed by atoms with van der Waals surface area (Å²) in [6.45, 7) is 5.55. The molecule has 4 aromatic rings. The van der Waals surface area contributed by atoms with Crippen molar-refractivity contribution < 1.29 is 19.2 Å². The standard InChI is InChI=1S/C36H43N7O4S2.ClH/c1-23(2)17-27-34-42-30(22-49-34)33(46)40-28(19-24-9-4-3-5-10-24)35-41-29(21-48-35)32(45)38-14-8-16-43(15-7-13-31(44)39-27)36(47)26-12-6-11-25(18-26)20-37;/h3-6,9-12,18,21-23,27-28H,7-8,13-17,19-20,37H2,1-2H3,(H,38,45)(H,39,44)(H,40,46);1H/t27?,28-;/m0./s1. The van der Waals surface area contributed by atoms with Gasteiger partial charge in [0.2, 0.25) is 5.91 Å². The number of carbonyl (C=O) groups excluding carboxylic acids is 4. The number of hydrogen-bond acceptors (Lipinski definition) is 9. The van der Waals surface area contributed by atoms with Crippen LogP contribution in [0.2, 0.25) is 0 Å². The van der Waals surface area contributed by atoms with E-state index < -0.39 is 6.04 Å². The Morgan fingerprint density at radius 1 is 0.880 bits per heavy atom. The molecule has 2 aromatic carbocycles. The number of thiazole rings is 2. The van der Waals surface area contributed by atoms with Gasteiger partial charge in [-0.3, -0.25) is 19.2 Å². The van der Waals surface area contributed by atoms with Gasteiger partial charge in [-0.15, -0.1) is 35.1 Å². The minimum Gasteiger partial charge on any atom is -0.351 e. The van der Waals surface area contributed by atoms with Crippen molar-refractivity contribution in [3.8, 4) is 0 Å². The molecule has 5 rings (SSSR count). The third kappa shape index (κ3) is 10.7. The van der Waals surface area contributed by atoms with Crippen LogP contribution in [0.1, 0.15) is 104 Å². The first kappa shape index (κ1) is 38.6. The molecule has 266 valence electrons. The summed E-state index contributed by atoms with van der Waals surface area (Å²) in [6.07, 6.45) is 2.30. The lowest BCUT2D eigenvalue weighted by atomic mass is 10.0. The molecule has 0 fully saturated rings. The zero-order valence-corrected chi connectivity index (χ0v) is 30.7. The first-order chi connectivity index (χ1) is 23.7. The van der Waals surface area contributed by atoms with E-state index in [-0.39, 0.29) is 65.8 Å². The van der Waals surface area contributed by atoms with Crippen LogP contribution in [0, 0.1) is 5.92 Å². The normalized spacial score (nSPS) is 17.9. The molecule has 3 heterocycles. The van der Waals surface area contributed by atoms with Gasteiger partial charge in [-0.05, 0) is 54.9 Å². The van der Waals surface area contributed by atoms with Gasteiger partial charge < -0.3 is 26.6 Å². The minimum atomic E-state index is -0.496. The Labute approximate surface area is 306 Å². The minimum absolute atomic E-state index is 0. The first-order valence-corrected chi connectivity index (χ1v) is 18.4. The number of aromatic nitrogens is 2. The molecule has 50 heavy (non-hydrogen) atoms. The Morgan fingerprint density at radius 2 is 1.54 bits per heavy atom. The van der Waals surface area contributed by atoms with E-state index in [2.05, 4.69) is 39.8 Å². The van der Waals surface area contributed by atoms with E-state index in [4.69, 9.17) is 5.73 Å². The van der Waals surface area contributed by atoms with Crippen LogP contribution in [-0.2, 0) is 17.8 Å². The third-order valence-corrected chi connectivity index (χ3v) is 10.1. The third-order valence-electron chi connectivity index (χ3n) is 8.15. The molecule has 0 radical (unpaired) electrons. The van der Waals surface area contributed by atoms with E-state index in [9.17, 15) is 19.2 Å². The quantitative estimate of drug-likeness (QED) is 0.205. The van der Waals surface area contributed by atoms with Gasteiger partial charge in [0.25, 0.3) is 17.7 Å². The van der Waals surface area contributed by atoms with E-state index >= 15 is 0 Å². The van der Waals surface area contributed by atoms with Crippen molar-refractivity contribution >= 4 is 58.7 Å². The van der Waals surface area contributed by atoms with Crippen molar-refractivity contribution in [3.05, 3.63) is 103 Å². The monoisotopic (exact) mass is 737 g/mol. The lowest BCUT2D eigenvalue weighted by Gasteiger charge is -2.24. The molecule has 0 aliphatic carbocycles. The molecule has 1 unspecified atom stereocenters. The largest absolute Gasteiger partial charge is 0.351 e. The number of nitrogens with two attached hydrogens (primary N) is 1. The van der Waals surface area contributed by atoms with Gasteiger partial charge in [-0.2, -0.15) is 0 Å². The second-order valence-electron chi connectivity index (χ2n) is 12.5. The van der Waals surface area contributed by atoms with E-state index in [1.165, 1.54) is 22.7 Å². The van der Waals surface area contributed by atoms with Crippen LogP contribution in [0.5, 0.6) is 0 Å². The molecule has 0 saturated carbocycles. The summed E-state index contributed by atoms with van der Waals surface area (Å²) in [5, 5.41) is 13.8. The molecule has 4 bridgehead atoms. The topological polar surface area (TPSA) is 159 Å². The number of nitrogens with one attached hydrogen (secondary N) is 3. The smallest absolute Gasteiger partial charge is 0.271 e. The number of benzene rings is 2. The number of hydrogen-bond donors (Lipinski definition) is 4. The van der Waals surface area contributed by atoms with Crippen LogP contribution >= 0.6 is 35.1 Å². The van der Waals surface area contributed by atoms with Crippen LogP contribution in [0.4, 0.5) is 0 Å². The average Bonchev–Trinajstić information content (AvgIpc) is 3.80. The Kier molecular flexibility index (Phi) is 14.5. The molecule has 0 spiro atoms. The first-order valence-electron chi connectivity index (χ1n) is 16.6. The van der Waals surface area contributed by atoms with Crippen molar-refractivity contribution in [1.82, 2.24) is 30.8 Å². The Hall–Kier alpha value is -4.17. The number of halogens is 1. The Morgan fingerprint density at radius 3 is 2.24 bits per heavy atom. The summed E-state index contributed by atoms with van der Waals surface area (Å²) in [6, 6.07) is 16.2. The van der Waals surface area contributed by atoms with Crippen LogP contribution in [-0.4, -0.2) is 58.1 Å². The molecular formula is C36H44ClN7O4S2. The zero-order valence-electron chi connectivity index (χ0n) is 28.2. The molecule has 5 N–H and O–H groups in total. The molecule has 11 nitrogen and oxygen atoms in total. The van der Waals surface area contributed by atoms with Gasteiger partial charge in [0, 0.05) is 48.9 Å². The van der Waals surface area contributed by atoms with Gasteiger partial charge >= 0.3 is 0 Å². The molecule has 2 atom stereocenters. The van der Waals surface area contributed by atoms with Gasteiger partial charge in [-0.1, -0.05) is 56.3 Å². The van der Waals surface area contributed by atoms with E-state index in [1.54, 1.807) is 27.8 Å². The number of nitrogens with zero attached hydrogens (tertiary/aromatic N) is 3. The summed E-state index contributed by atoms with van der Waals surface area (Å²) < 4.78 is 0. The van der Waals surface area contributed by atoms with Gasteiger partial charge in [0.1, 0.15) is 21.4 Å². The second-order valence-corrected chi connectivity index (χ2v) is 14.3. The molecular weight excluding hydrogens is 694 g/mol. The van der Waals surface area contributed by atoms with Crippen molar-refractivity contribution in [2.24, 2.45) is 11.7 Å².